The summed E-state index contributed by atoms with van der Waals surface area (Å²) in [5, 5.41) is 0. The predicted molar refractivity (Wildman–Crippen MR) is 106 cm³/mol. The summed E-state index contributed by atoms with van der Waals surface area (Å²) in [5.74, 6) is 0.702. The lowest BCUT2D eigenvalue weighted by Gasteiger charge is -2.37. The maximum atomic E-state index is 13.0. The lowest BCUT2D eigenvalue weighted by Crippen LogP contribution is -2.50. The van der Waals surface area contributed by atoms with Gasteiger partial charge in [0.1, 0.15) is 0 Å². The number of carbonyl (C=O) groups excluding carboxylic acids is 2. The second-order valence-corrected chi connectivity index (χ2v) is 7.01. The molecule has 144 valence electrons. The van der Waals surface area contributed by atoms with E-state index < -0.39 is 0 Å². The van der Waals surface area contributed by atoms with E-state index in [0.29, 0.717) is 32.1 Å². The summed E-state index contributed by atoms with van der Waals surface area (Å²) in [4.78, 5) is 39.3. The number of amides is 2. The number of hydrogen-bond acceptors (Lipinski definition) is 5. The molecule has 0 spiro atoms. The monoisotopic (exact) mass is 377 g/mol. The molecule has 2 aliphatic heterocycles. The Morgan fingerprint density at radius 2 is 1.75 bits per heavy atom. The molecule has 0 radical (unpaired) electrons. The minimum absolute atomic E-state index is 0.0606. The van der Waals surface area contributed by atoms with E-state index >= 15 is 0 Å². The molecule has 0 saturated carbocycles. The Kier molecular flexibility index (Phi) is 5.06. The van der Waals surface area contributed by atoms with Gasteiger partial charge in [0.15, 0.2) is 0 Å². The molecule has 0 bridgehead atoms. The molecular weight excluding hydrogens is 354 g/mol. The molecule has 2 aromatic rings. The van der Waals surface area contributed by atoms with Crippen molar-refractivity contribution >= 4 is 23.8 Å². The van der Waals surface area contributed by atoms with Crippen molar-refractivity contribution < 1.29 is 9.59 Å². The van der Waals surface area contributed by atoms with Crippen LogP contribution in [0.2, 0.25) is 0 Å². The highest BCUT2D eigenvalue weighted by Gasteiger charge is 2.31. The first-order valence-electron chi connectivity index (χ1n) is 9.49. The van der Waals surface area contributed by atoms with Crippen LogP contribution in [0.15, 0.2) is 48.9 Å². The van der Waals surface area contributed by atoms with E-state index in [4.69, 9.17) is 0 Å². The van der Waals surface area contributed by atoms with Crippen molar-refractivity contribution in [1.82, 2.24) is 19.8 Å². The second-order valence-electron chi connectivity index (χ2n) is 7.01. The molecule has 1 aromatic carbocycles. The standard InChI is InChI=1S/C21H23N5O2/c1-16(27)26-10-7-17-5-2-3-6-18(17)19(26)15-20(28)24-11-13-25(14-12-24)21-22-8-4-9-23-21/h2-10,19H,11-15H2,1H3/t19-/m0/s1. The average Bonchev–Trinajstić information content (AvgIpc) is 2.74. The largest absolute Gasteiger partial charge is 0.339 e. The first-order valence-corrected chi connectivity index (χ1v) is 9.49. The van der Waals surface area contributed by atoms with Crippen LogP contribution in [0.5, 0.6) is 0 Å². The molecule has 3 heterocycles. The van der Waals surface area contributed by atoms with Gasteiger partial charge in [-0.25, -0.2) is 9.97 Å². The van der Waals surface area contributed by atoms with Gasteiger partial charge in [-0.05, 0) is 23.3 Å². The van der Waals surface area contributed by atoms with Crippen molar-refractivity contribution in [2.24, 2.45) is 0 Å². The van der Waals surface area contributed by atoms with E-state index in [9.17, 15) is 9.59 Å². The van der Waals surface area contributed by atoms with Crippen LogP contribution in [0.3, 0.4) is 0 Å². The van der Waals surface area contributed by atoms with Gasteiger partial charge in [-0.3, -0.25) is 9.59 Å². The number of hydrogen-bond donors (Lipinski definition) is 0. The van der Waals surface area contributed by atoms with E-state index in [-0.39, 0.29) is 24.3 Å². The topological polar surface area (TPSA) is 69.6 Å². The second kappa shape index (κ2) is 7.80. The first-order chi connectivity index (χ1) is 13.6. The molecule has 0 unspecified atom stereocenters. The van der Waals surface area contributed by atoms with Crippen LogP contribution in [0.1, 0.15) is 30.5 Å². The van der Waals surface area contributed by atoms with Crippen LogP contribution in [-0.4, -0.2) is 57.8 Å². The summed E-state index contributed by atoms with van der Waals surface area (Å²) < 4.78 is 0. The fourth-order valence-electron chi connectivity index (χ4n) is 3.82. The number of carbonyl (C=O) groups is 2. The number of benzene rings is 1. The Labute approximate surface area is 164 Å². The Balaban J connectivity index is 1.44. The third kappa shape index (κ3) is 3.60. The van der Waals surface area contributed by atoms with Gasteiger partial charge < -0.3 is 14.7 Å². The molecule has 2 aliphatic rings. The average molecular weight is 377 g/mol. The Morgan fingerprint density at radius 1 is 1.04 bits per heavy atom. The van der Waals surface area contributed by atoms with Crippen LogP contribution in [0.4, 0.5) is 5.95 Å². The summed E-state index contributed by atoms with van der Waals surface area (Å²) in [5.41, 5.74) is 2.08. The minimum atomic E-state index is -0.262. The quantitative estimate of drug-likeness (QED) is 0.819. The van der Waals surface area contributed by atoms with Crippen LogP contribution in [0, 0.1) is 0 Å². The number of anilines is 1. The Bertz CT molecular complexity index is 891. The molecule has 7 heteroatoms. The van der Waals surface area contributed by atoms with Crippen LogP contribution in [-0.2, 0) is 9.59 Å². The predicted octanol–water partition coefficient (Wildman–Crippen LogP) is 2.09. The molecule has 1 fully saturated rings. The molecule has 2 amide bonds. The summed E-state index contributed by atoms with van der Waals surface area (Å²) in [6.07, 6.45) is 7.45. The highest BCUT2D eigenvalue weighted by Crippen LogP contribution is 2.33. The van der Waals surface area contributed by atoms with Crippen LogP contribution in [0.25, 0.3) is 6.08 Å². The zero-order chi connectivity index (χ0) is 19.5. The molecule has 7 nitrogen and oxygen atoms in total. The maximum Gasteiger partial charge on any atom is 0.225 e. The zero-order valence-electron chi connectivity index (χ0n) is 15.9. The number of fused-ring (bicyclic) bond motifs is 1. The fraction of sp³-hybridized carbons (Fsp3) is 0.333. The fourth-order valence-corrected chi connectivity index (χ4v) is 3.82. The molecule has 1 atom stereocenters. The van der Waals surface area contributed by atoms with Gasteiger partial charge in [0, 0.05) is 51.7 Å². The van der Waals surface area contributed by atoms with E-state index in [1.807, 2.05) is 35.2 Å². The first kappa shape index (κ1) is 18.2. The summed E-state index contributed by atoms with van der Waals surface area (Å²) >= 11 is 0. The normalized spacial score (nSPS) is 18.8. The molecule has 1 aromatic heterocycles. The van der Waals surface area contributed by atoms with Crippen LogP contribution >= 0.6 is 0 Å². The van der Waals surface area contributed by atoms with Gasteiger partial charge in [0.2, 0.25) is 17.8 Å². The van der Waals surface area contributed by atoms with Gasteiger partial charge in [-0.1, -0.05) is 24.3 Å². The van der Waals surface area contributed by atoms with Gasteiger partial charge >= 0.3 is 0 Å². The van der Waals surface area contributed by atoms with Crippen molar-refractivity contribution in [2.75, 3.05) is 31.1 Å². The molecule has 0 aliphatic carbocycles. The van der Waals surface area contributed by atoms with Crippen molar-refractivity contribution in [3.05, 3.63) is 60.1 Å². The van der Waals surface area contributed by atoms with Crippen LogP contribution < -0.4 is 4.90 Å². The molecule has 1 saturated heterocycles. The lowest BCUT2D eigenvalue weighted by molar-refractivity contribution is -0.134. The molecule has 28 heavy (non-hydrogen) atoms. The maximum absolute atomic E-state index is 13.0. The third-order valence-electron chi connectivity index (χ3n) is 5.30. The van der Waals surface area contributed by atoms with Crippen molar-refractivity contribution in [1.29, 1.82) is 0 Å². The third-order valence-corrected chi connectivity index (χ3v) is 5.30. The summed E-state index contributed by atoms with van der Waals surface area (Å²) in [7, 11) is 0. The highest BCUT2D eigenvalue weighted by atomic mass is 16.2. The Morgan fingerprint density at radius 3 is 2.46 bits per heavy atom. The minimum Gasteiger partial charge on any atom is -0.339 e. The smallest absolute Gasteiger partial charge is 0.225 e. The van der Waals surface area contributed by atoms with E-state index in [2.05, 4.69) is 14.9 Å². The van der Waals surface area contributed by atoms with E-state index in [1.165, 1.54) is 6.92 Å². The van der Waals surface area contributed by atoms with Gasteiger partial charge in [0.05, 0.1) is 12.5 Å². The van der Waals surface area contributed by atoms with Gasteiger partial charge in [-0.15, -0.1) is 0 Å². The van der Waals surface area contributed by atoms with Crippen molar-refractivity contribution in [3.63, 3.8) is 0 Å². The molecular formula is C21H23N5O2. The number of aromatic nitrogens is 2. The van der Waals surface area contributed by atoms with E-state index in [0.717, 1.165) is 11.1 Å². The molecule has 4 rings (SSSR count). The summed E-state index contributed by atoms with van der Waals surface area (Å²) in [6, 6.07) is 9.46. The van der Waals surface area contributed by atoms with E-state index in [1.54, 1.807) is 29.6 Å². The number of piperazine rings is 1. The lowest BCUT2D eigenvalue weighted by atomic mass is 9.93. The van der Waals surface area contributed by atoms with Gasteiger partial charge in [-0.2, -0.15) is 0 Å². The van der Waals surface area contributed by atoms with Crippen molar-refractivity contribution in [2.45, 2.75) is 19.4 Å². The Hall–Kier alpha value is -3.22. The number of rotatable bonds is 3. The SMILES string of the molecule is CC(=O)N1C=Cc2ccccc2[C@@H]1CC(=O)N1CCN(c2ncccn2)CC1. The molecule has 0 N–H and O–H groups in total. The van der Waals surface area contributed by atoms with Gasteiger partial charge in [0.25, 0.3) is 0 Å². The highest BCUT2D eigenvalue weighted by molar-refractivity contribution is 5.82. The van der Waals surface area contributed by atoms with Crippen molar-refractivity contribution in [3.8, 4) is 0 Å². The number of nitrogens with zero attached hydrogens (tertiary/aromatic N) is 5. The zero-order valence-corrected chi connectivity index (χ0v) is 15.9. The summed E-state index contributed by atoms with van der Waals surface area (Å²) in [6.45, 7) is 4.19.